The molecule has 1 unspecified atom stereocenters. The second-order valence-corrected chi connectivity index (χ2v) is 8.52. The highest BCUT2D eigenvalue weighted by Crippen LogP contribution is 2.24. The first-order valence-corrected chi connectivity index (χ1v) is 11.1. The molecular weight excluding hydrogens is 382 g/mol. The molecule has 29 heavy (non-hydrogen) atoms. The number of likely N-dealkylation sites (tertiary alicyclic amines) is 1. The van der Waals surface area contributed by atoms with Crippen molar-refractivity contribution in [1.29, 1.82) is 0 Å². The summed E-state index contributed by atoms with van der Waals surface area (Å²) in [6, 6.07) is 12.8. The average molecular weight is 410 g/mol. The molecule has 1 amide bonds. The second kappa shape index (κ2) is 9.37. The number of hydrogen-bond acceptors (Lipinski definition) is 5. The quantitative estimate of drug-likeness (QED) is 0.618. The molecule has 0 radical (unpaired) electrons. The van der Waals surface area contributed by atoms with E-state index in [-0.39, 0.29) is 12.3 Å². The Hall–Kier alpha value is -2.44. The summed E-state index contributed by atoms with van der Waals surface area (Å²) in [4.78, 5) is 19.5. The van der Waals surface area contributed by atoms with Crippen molar-refractivity contribution in [3.8, 4) is 10.8 Å². The van der Waals surface area contributed by atoms with Crippen molar-refractivity contribution in [1.82, 2.24) is 15.2 Å². The van der Waals surface area contributed by atoms with E-state index in [1.807, 2.05) is 23.6 Å². The van der Waals surface area contributed by atoms with Gasteiger partial charge in [-0.25, -0.2) is 4.98 Å². The molecule has 1 aliphatic heterocycles. The van der Waals surface area contributed by atoms with Gasteiger partial charge >= 0.3 is 0 Å². The topological polar surface area (TPSA) is 58.4 Å². The highest BCUT2D eigenvalue weighted by Gasteiger charge is 2.19. The van der Waals surface area contributed by atoms with E-state index in [0.717, 1.165) is 29.6 Å². The summed E-state index contributed by atoms with van der Waals surface area (Å²) in [5.74, 6) is 0.727. The number of aromatic nitrogens is 1. The number of thiazole rings is 1. The third kappa shape index (κ3) is 5.14. The molecule has 3 aromatic rings. The van der Waals surface area contributed by atoms with E-state index in [4.69, 9.17) is 4.42 Å². The Morgan fingerprint density at radius 1 is 1.24 bits per heavy atom. The lowest BCUT2D eigenvalue weighted by Gasteiger charge is -2.33. The molecule has 0 bridgehead atoms. The lowest BCUT2D eigenvalue weighted by atomic mass is 10.0. The maximum Gasteiger partial charge on any atom is 0.226 e. The van der Waals surface area contributed by atoms with Crippen LogP contribution in [0.5, 0.6) is 0 Å². The molecule has 6 heteroatoms. The first kappa shape index (κ1) is 19.9. The van der Waals surface area contributed by atoms with Gasteiger partial charge in [-0.3, -0.25) is 9.69 Å². The minimum absolute atomic E-state index is 0.0116. The fraction of sp³-hybridized carbons (Fsp3) is 0.391. The minimum atomic E-state index is -0.0116. The first-order valence-electron chi connectivity index (χ1n) is 10.2. The SMILES string of the molecule is CC1CCCCN1Cc1ccccc1CNC(=O)Cc1csc(-c2ccco2)n1. The molecule has 0 saturated carbocycles. The fourth-order valence-corrected chi connectivity index (χ4v) is 4.60. The number of nitrogens with one attached hydrogen (secondary N) is 1. The molecule has 1 aromatic carbocycles. The van der Waals surface area contributed by atoms with Crippen LogP contribution in [0.15, 0.2) is 52.5 Å². The normalized spacial score (nSPS) is 17.3. The zero-order valence-corrected chi connectivity index (χ0v) is 17.6. The molecule has 1 saturated heterocycles. The molecule has 1 N–H and O–H groups in total. The van der Waals surface area contributed by atoms with Crippen molar-refractivity contribution < 1.29 is 9.21 Å². The standard InChI is InChI=1S/C23H27N3O2S/c1-17-7-4-5-11-26(17)15-19-9-3-2-8-18(19)14-24-22(27)13-20-16-29-23(25-20)21-10-6-12-28-21/h2-3,6,8-10,12,16-17H,4-5,7,11,13-15H2,1H3,(H,24,27). The molecule has 1 atom stereocenters. The molecule has 2 aromatic heterocycles. The minimum Gasteiger partial charge on any atom is -0.462 e. The molecule has 1 aliphatic rings. The van der Waals surface area contributed by atoms with Crippen LogP contribution in [0, 0.1) is 0 Å². The number of furan rings is 1. The summed E-state index contributed by atoms with van der Waals surface area (Å²) in [7, 11) is 0. The van der Waals surface area contributed by atoms with E-state index in [1.165, 1.54) is 41.7 Å². The zero-order chi connectivity index (χ0) is 20.1. The van der Waals surface area contributed by atoms with Crippen LogP contribution in [0.1, 0.15) is 43.0 Å². The Bertz CT molecular complexity index is 935. The number of carbonyl (C=O) groups is 1. The van der Waals surface area contributed by atoms with Crippen molar-refractivity contribution in [2.45, 2.75) is 51.7 Å². The lowest BCUT2D eigenvalue weighted by Crippen LogP contribution is -2.37. The van der Waals surface area contributed by atoms with Crippen LogP contribution < -0.4 is 5.32 Å². The van der Waals surface area contributed by atoms with Gasteiger partial charge in [0, 0.05) is 24.5 Å². The lowest BCUT2D eigenvalue weighted by molar-refractivity contribution is -0.120. The number of benzene rings is 1. The molecule has 0 spiro atoms. The Balaban J connectivity index is 1.33. The van der Waals surface area contributed by atoms with Crippen molar-refractivity contribution in [3.05, 3.63) is 64.9 Å². The molecular formula is C23H27N3O2S. The Morgan fingerprint density at radius 2 is 2.10 bits per heavy atom. The molecule has 152 valence electrons. The predicted molar refractivity (Wildman–Crippen MR) is 116 cm³/mol. The van der Waals surface area contributed by atoms with E-state index in [9.17, 15) is 4.79 Å². The van der Waals surface area contributed by atoms with Crippen LogP contribution in [-0.4, -0.2) is 28.4 Å². The fourth-order valence-electron chi connectivity index (χ4n) is 3.82. The van der Waals surface area contributed by atoms with E-state index < -0.39 is 0 Å². The smallest absolute Gasteiger partial charge is 0.226 e. The van der Waals surface area contributed by atoms with Gasteiger partial charge in [-0.15, -0.1) is 11.3 Å². The van der Waals surface area contributed by atoms with Gasteiger partial charge in [0.15, 0.2) is 10.8 Å². The van der Waals surface area contributed by atoms with Gasteiger partial charge in [0.2, 0.25) is 5.91 Å². The number of nitrogens with zero attached hydrogens (tertiary/aromatic N) is 2. The van der Waals surface area contributed by atoms with E-state index in [1.54, 1.807) is 6.26 Å². The highest BCUT2D eigenvalue weighted by molar-refractivity contribution is 7.13. The Morgan fingerprint density at radius 3 is 2.90 bits per heavy atom. The summed E-state index contributed by atoms with van der Waals surface area (Å²) in [6.07, 6.45) is 5.78. The van der Waals surface area contributed by atoms with E-state index >= 15 is 0 Å². The molecule has 0 aliphatic carbocycles. The van der Waals surface area contributed by atoms with Crippen LogP contribution in [0.4, 0.5) is 0 Å². The van der Waals surface area contributed by atoms with E-state index in [0.29, 0.717) is 12.6 Å². The van der Waals surface area contributed by atoms with Crippen LogP contribution >= 0.6 is 11.3 Å². The maximum absolute atomic E-state index is 12.5. The van der Waals surface area contributed by atoms with E-state index in [2.05, 4.69) is 40.3 Å². The maximum atomic E-state index is 12.5. The molecule has 1 fully saturated rings. The first-order chi connectivity index (χ1) is 14.2. The van der Waals surface area contributed by atoms with Crippen molar-refractivity contribution in [2.75, 3.05) is 6.54 Å². The van der Waals surface area contributed by atoms with Crippen LogP contribution in [0.2, 0.25) is 0 Å². The predicted octanol–water partition coefficient (Wildman–Crippen LogP) is 4.64. The largest absolute Gasteiger partial charge is 0.462 e. The number of carbonyl (C=O) groups excluding carboxylic acids is 1. The van der Waals surface area contributed by atoms with Gasteiger partial charge in [0.25, 0.3) is 0 Å². The average Bonchev–Trinajstić information content (AvgIpc) is 3.41. The number of piperidine rings is 1. The molecule has 4 rings (SSSR count). The van der Waals surface area contributed by atoms with Gasteiger partial charge in [0.05, 0.1) is 18.4 Å². The summed E-state index contributed by atoms with van der Waals surface area (Å²) >= 11 is 1.50. The molecule has 5 nitrogen and oxygen atoms in total. The summed E-state index contributed by atoms with van der Waals surface area (Å²) in [6.45, 7) is 4.97. The second-order valence-electron chi connectivity index (χ2n) is 7.66. The van der Waals surface area contributed by atoms with Crippen LogP contribution in [-0.2, 0) is 24.3 Å². The Labute approximate surface area is 175 Å². The highest BCUT2D eigenvalue weighted by atomic mass is 32.1. The van der Waals surface area contributed by atoms with Gasteiger partial charge in [-0.1, -0.05) is 30.7 Å². The number of rotatable bonds is 7. The van der Waals surface area contributed by atoms with Crippen LogP contribution in [0.25, 0.3) is 10.8 Å². The van der Waals surface area contributed by atoms with Gasteiger partial charge < -0.3 is 9.73 Å². The van der Waals surface area contributed by atoms with Crippen molar-refractivity contribution in [3.63, 3.8) is 0 Å². The van der Waals surface area contributed by atoms with Gasteiger partial charge in [-0.05, 0) is 49.6 Å². The Kier molecular flexibility index (Phi) is 6.42. The van der Waals surface area contributed by atoms with Gasteiger partial charge in [0.1, 0.15) is 0 Å². The van der Waals surface area contributed by atoms with Gasteiger partial charge in [-0.2, -0.15) is 0 Å². The number of amides is 1. The third-order valence-corrected chi connectivity index (χ3v) is 6.44. The summed E-state index contributed by atoms with van der Waals surface area (Å²) in [5, 5.41) is 5.79. The third-order valence-electron chi connectivity index (χ3n) is 5.53. The summed E-state index contributed by atoms with van der Waals surface area (Å²) < 4.78 is 5.37. The van der Waals surface area contributed by atoms with Crippen LogP contribution in [0.3, 0.4) is 0 Å². The summed E-state index contributed by atoms with van der Waals surface area (Å²) in [5.41, 5.74) is 3.26. The number of hydrogen-bond donors (Lipinski definition) is 1. The van der Waals surface area contributed by atoms with Crippen molar-refractivity contribution in [2.24, 2.45) is 0 Å². The molecule has 3 heterocycles. The zero-order valence-electron chi connectivity index (χ0n) is 16.8. The van der Waals surface area contributed by atoms with Crippen molar-refractivity contribution >= 4 is 17.2 Å². The monoisotopic (exact) mass is 409 g/mol.